The predicted octanol–water partition coefficient (Wildman–Crippen LogP) is 3.84. The summed E-state index contributed by atoms with van der Waals surface area (Å²) >= 11 is 0. The molecule has 3 rings (SSSR count). The van der Waals surface area contributed by atoms with Crippen LogP contribution in [0.2, 0.25) is 0 Å². The topological polar surface area (TPSA) is 68.6 Å². The van der Waals surface area contributed by atoms with E-state index in [9.17, 15) is 5.11 Å². The van der Waals surface area contributed by atoms with Crippen LogP contribution in [0.15, 0.2) is 52.9 Å². The van der Waals surface area contributed by atoms with Crippen molar-refractivity contribution in [1.29, 1.82) is 0 Å². The second-order valence-electron chi connectivity index (χ2n) is 5.51. The number of para-hydroxylation sites is 1. The normalized spacial score (nSPS) is 12.8. The van der Waals surface area contributed by atoms with Gasteiger partial charge in [-0.25, -0.2) is 0 Å². The van der Waals surface area contributed by atoms with Crippen LogP contribution in [0.5, 0.6) is 5.75 Å². The van der Waals surface area contributed by atoms with Gasteiger partial charge in [0.25, 0.3) is 0 Å². The number of ether oxygens (including phenoxy) is 1. The zero-order valence-corrected chi connectivity index (χ0v) is 12.6. The smallest absolute Gasteiger partial charge is 0.135 e. The van der Waals surface area contributed by atoms with Gasteiger partial charge in [-0.3, -0.25) is 0 Å². The quantitative estimate of drug-likeness (QED) is 0.718. The van der Waals surface area contributed by atoms with Crippen LogP contribution in [0.3, 0.4) is 0 Å². The maximum Gasteiger partial charge on any atom is 0.135 e. The van der Waals surface area contributed by atoms with E-state index in [1.54, 1.807) is 6.07 Å². The number of hydrogen-bond donors (Lipinski definition) is 2. The first kappa shape index (κ1) is 14.6. The molecule has 1 heterocycles. The summed E-state index contributed by atoms with van der Waals surface area (Å²) in [6.07, 6.45) is -1.09. The number of aliphatic hydroxyl groups excluding tert-OH is 1. The molecule has 0 amide bonds. The third-order valence-corrected chi connectivity index (χ3v) is 3.40. The Morgan fingerprint density at radius 2 is 1.86 bits per heavy atom. The third-order valence-electron chi connectivity index (χ3n) is 3.40. The Labute approximate surface area is 129 Å². The fourth-order valence-electron chi connectivity index (χ4n) is 2.42. The monoisotopic (exact) mass is 297 g/mol. The predicted molar refractivity (Wildman–Crippen MR) is 86.6 cm³/mol. The van der Waals surface area contributed by atoms with Crippen LogP contribution in [0.4, 0.5) is 0 Å². The lowest BCUT2D eigenvalue weighted by Crippen LogP contribution is -2.13. The molecule has 1 unspecified atom stereocenters. The number of benzene rings is 2. The molecule has 3 aromatic rings. The Morgan fingerprint density at radius 3 is 2.55 bits per heavy atom. The molecule has 22 heavy (non-hydrogen) atoms. The largest absolute Gasteiger partial charge is 0.491 e. The van der Waals surface area contributed by atoms with Crippen molar-refractivity contribution in [1.82, 2.24) is 0 Å². The molecular formula is C18H19NO3. The number of nitrogens with two attached hydrogens (primary N) is 1. The average Bonchev–Trinajstić information content (AvgIpc) is 2.90. The van der Waals surface area contributed by atoms with Gasteiger partial charge >= 0.3 is 0 Å². The van der Waals surface area contributed by atoms with Crippen LogP contribution in [-0.4, -0.2) is 11.2 Å². The average molecular weight is 297 g/mol. The number of furan rings is 1. The molecule has 0 bridgehead atoms. The van der Waals surface area contributed by atoms with Crippen LogP contribution < -0.4 is 10.5 Å². The number of fused-ring (bicyclic) bond motifs is 1. The molecule has 0 aliphatic heterocycles. The van der Waals surface area contributed by atoms with Crippen molar-refractivity contribution in [2.45, 2.75) is 26.2 Å². The summed E-state index contributed by atoms with van der Waals surface area (Å²) < 4.78 is 11.5. The molecule has 0 radical (unpaired) electrons. The lowest BCUT2D eigenvalue weighted by molar-refractivity contribution is 0.172. The van der Waals surface area contributed by atoms with E-state index < -0.39 is 6.23 Å². The Kier molecular flexibility index (Phi) is 3.88. The van der Waals surface area contributed by atoms with Crippen molar-refractivity contribution >= 4 is 11.0 Å². The van der Waals surface area contributed by atoms with E-state index in [0.29, 0.717) is 11.3 Å². The van der Waals surface area contributed by atoms with E-state index in [2.05, 4.69) is 0 Å². The Balaban J connectivity index is 2.05. The van der Waals surface area contributed by atoms with E-state index in [1.807, 2.05) is 56.3 Å². The fourth-order valence-corrected chi connectivity index (χ4v) is 2.42. The maximum absolute atomic E-state index is 9.80. The minimum Gasteiger partial charge on any atom is -0.491 e. The highest BCUT2D eigenvalue weighted by Gasteiger charge is 2.14. The number of rotatable bonds is 4. The van der Waals surface area contributed by atoms with Gasteiger partial charge in [-0.05, 0) is 44.2 Å². The second kappa shape index (κ2) is 5.83. The molecule has 4 heteroatoms. The summed E-state index contributed by atoms with van der Waals surface area (Å²) in [6, 6.07) is 15.3. The number of aliphatic hydroxyl groups is 1. The molecular weight excluding hydrogens is 278 g/mol. The summed E-state index contributed by atoms with van der Waals surface area (Å²) in [4.78, 5) is 0. The lowest BCUT2D eigenvalue weighted by Gasteiger charge is -2.16. The van der Waals surface area contributed by atoms with Gasteiger partial charge in [-0.1, -0.05) is 18.2 Å². The minimum absolute atomic E-state index is 0.00884. The van der Waals surface area contributed by atoms with Crippen LogP contribution in [0.25, 0.3) is 22.3 Å². The van der Waals surface area contributed by atoms with E-state index in [4.69, 9.17) is 14.9 Å². The van der Waals surface area contributed by atoms with Crippen molar-refractivity contribution in [2.75, 3.05) is 0 Å². The van der Waals surface area contributed by atoms with Crippen molar-refractivity contribution in [3.63, 3.8) is 0 Å². The van der Waals surface area contributed by atoms with Gasteiger partial charge in [-0.15, -0.1) is 0 Å². The highest BCUT2D eigenvalue weighted by Crippen LogP contribution is 2.33. The van der Waals surface area contributed by atoms with Gasteiger partial charge < -0.3 is 20.0 Å². The molecule has 2 aromatic carbocycles. The zero-order valence-electron chi connectivity index (χ0n) is 12.6. The van der Waals surface area contributed by atoms with E-state index in [0.717, 1.165) is 22.3 Å². The summed E-state index contributed by atoms with van der Waals surface area (Å²) in [5.41, 5.74) is 7.89. The van der Waals surface area contributed by atoms with Crippen molar-refractivity contribution in [3.8, 4) is 17.1 Å². The van der Waals surface area contributed by atoms with Gasteiger partial charge in [0.2, 0.25) is 0 Å². The molecule has 0 aliphatic rings. The third kappa shape index (κ3) is 2.84. The molecule has 0 spiro atoms. The minimum atomic E-state index is -1.10. The van der Waals surface area contributed by atoms with Gasteiger partial charge in [0, 0.05) is 16.5 Å². The van der Waals surface area contributed by atoms with Crippen LogP contribution >= 0.6 is 0 Å². The molecule has 0 aliphatic carbocycles. The van der Waals surface area contributed by atoms with Crippen molar-refractivity contribution in [3.05, 3.63) is 54.1 Å². The summed E-state index contributed by atoms with van der Waals surface area (Å²) in [5, 5.41) is 10.8. The van der Waals surface area contributed by atoms with Gasteiger partial charge in [-0.2, -0.15) is 0 Å². The SMILES string of the molecule is CC(C)Oc1ccc(-c2cc3ccccc3o2)cc1C(N)O. The Bertz CT molecular complexity index is 757. The molecule has 0 saturated carbocycles. The van der Waals surface area contributed by atoms with Crippen LogP contribution in [0.1, 0.15) is 25.6 Å². The molecule has 1 atom stereocenters. The van der Waals surface area contributed by atoms with E-state index >= 15 is 0 Å². The molecule has 0 fully saturated rings. The molecule has 1 aromatic heterocycles. The molecule has 4 nitrogen and oxygen atoms in total. The number of hydrogen-bond acceptors (Lipinski definition) is 4. The molecule has 114 valence electrons. The fraction of sp³-hybridized carbons (Fsp3) is 0.222. The Morgan fingerprint density at radius 1 is 1.09 bits per heavy atom. The molecule has 3 N–H and O–H groups in total. The van der Waals surface area contributed by atoms with Gasteiger partial charge in [0.05, 0.1) is 6.10 Å². The highest BCUT2D eigenvalue weighted by atomic mass is 16.5. The van der Waals surface area contributed by atoms with Crippen LogP contribution in [-0.2, 0) is 0 Å². The van der Waals surface area contributed by atoms with E-state index in [-0.39, 0.29) is 6.10 Å². The summed E-state index contributed by atoms with van der Waals surface area (Å²) in [7, 11) is 0. The summed E-state index contributed by atoms with van der Waals surface area (Å²) in [6.45, 7) is 3.86. The standard InChI is InChI=1S/C18H19NO3/c1-11(2)21-16-8-7-13(9-14(16)18(19)20)17-10-12-5-3-4-6-15(12)22-17/h3-11,18,20H,19H2,1-2H3. The van der Waals surface area contributed by atoms with Crippen LogP contribution in [0, 0.1) is 0 Å². The summed E-state index contributed by atoms with van der Waals surface area (Å²) in [5.74, 6) is 1.32. The highest BCUT2D eigenvalue weighted by molar-refractivity contribution is 5.82. The first-order valence-electron chi connectivity index (χ1n) is 7.28. The van der Waals surface area contributed by atoms with Crippen molar-refractivity contribution in [2.24, 2.45) is 5.73 Å². The van der Waals surface area contributed by atoms with Gasteiger partial charge in [0.15, 0.2) is 0 Å². The first-order valence-corrected chi connectivity index (χ1v) is 7.28. The first-order chi connectivity index (χ1) is 10.5. The molecule has 0 saturated heterocycles. The van der Waals surface area contributed by atoms with Gasteiger partial charge in [0.1, 0.15) is 23.3 Å². The van der Waals surface area contributed by atoms with Crippen molar-refractivity contribution < 1.29 is 14.3 Å². The zero-order chi connectivity index (χ0) is 15.7. The lowest BCUT2D eigenvalue weighted by atomic mass is 10.1. The maximum atomic E-state index is 9.80. The van der Waals surface area contributed by atoms with E-state index in [1.165, 1.54) is 0 Å². The second-order valence-corrected chi connectivity index (χ2v) is 5.51. The Hall–Kier alpha value is -2.30.